The van der Waals surface area contributed by atoms with E-state index >= 15 is 0 Å². The minimum absolute atomic E-state index is 0.155. The molecule has 0 spiro atoms. The number of amides is 1. The Labute approximate surface area is 224 Å². The van der Waals surface area contributed by atoms with Gasteiger partial charge in [0.1, 0.15) is 10.4 Å². The van der Waals surface area contributed by atoms with Crippen LogP contribution in [0.3, 0.4) is 0 Å². The third-order valence-electron chi connectivity index (χ3n) is 7.54. The van der Waals surface area contributed by atoms with Crippen LogP contribution in [0.25, 0.3) is 26.1 Å². The molecule has 1 N–H and O–H groups in total. The summed E-state index contributed by atoms with van der Waals surface area (Å²) in [6.07, 6.45) is 1.60. The van der Waals surface area contributed by atoms with Crippen molar-refractivity contribution in [2.24, 2.45) is 0 Å². The molecule has 1 amide bonds. The Balaban J connectivity index is 1.38. The van der Waals surface area contributed by atoms with E-state index < -0.39 is 0 Å². The van der Waals surface area contributed by atoms with Crippen molar-refractivity contribution in [1.29, 1.82) is 0 Å². The van der Waals surface area contributed by atoms with Crippen molar-refractivity contribution in [1.82, 2.24) is 29.5 Å². The number of nitrogens with zero attached hydrogens (tertiary/aromatic N) is 6. The van der Waals surface area contributed by atoms with Crippen LogP contribution in [0.2, 0.25) is 0 Å². The lowest BCUT2D eigenvalue weighted by Crippen LogP contribution is -2.49. The molecule has 6 rings (SSSR count). The SMILES string of the molecule is CC(C)N1CCN(c2ncc3c(=O)c(C(=O)NCCN4CCOCC4)c4sc5ccccc5n4c3n2)CC1. The molecule has 0 radical (unpaired) electrons. The maximum atomic E-state index is 13.7. The van der Waals surface area contributed by atoms with Crippen LogP contribution < -0.4 is 15.6 Å². The fraction of sp³-hybridized carbons (Fsp3) is 0.481. The molecule has 200 valence electrons. The maximum Gasteiger partial charge on any atom is 0.258 e. The maximum absolute atomic E-state index is 13.7. The first-order valence-corrected chi connectivity index (χ1v) is 14.1. The molecule has 0 bridgehead atoms. The molecule has 3 aromatic heterocycles. The van der Waals surface area contributed by atoms with Gasteiger partial charge in [0.25, 0.3) is 5.91 Å². The summed E-state index contributed by atoms with van der Waals surface area (Å²) < 4.78 is 8.36. The second kappa shape index (κ2) is 10.6. The first kappa shape index (κ1) is 25.2. The van der Waals surface area contributed by atoms with E-state index in [1.54, 1.807) is 6.20 Å². The van der Waals surface area contributed by atoms with Crippen LogP contribution in [-0.4, -0.2) is 102 Å². The molecule has 10 nitrogen and oxygen atoms in total. The summed E-state index contributed by atoms with van der Waals surface area (Å²) in [5.41, 5.74) is 1.30. The molecule has 0 aliphatic carbocycles. The number of carbonyl (C=O) groups excluding carboxylic acids is 1. The van der Waals surface area contributed by atoms with Gasteiger partial charge in [-0.3, -0.25) is 23.8 Å². The van der Waals surface area contributed by atoms with Crippen LogP contribution in [-0.2, 0) is 4.74 Å². The zero-order valence-electron chi connectivity index (χ0n) is 21.9. The number of nitrogens with one attached hydrogen (secondary N) is 1. The summed E-state index contributed by atoms with van der Waals surface area (Å²) in [6.45, 7) is 12.3. The number of carbonyl (C=O) groups is 1. The number of rotatable bonds is 6. The van der Waals surface area contributed by atoms with Crippen molar-refractivity contribution in [2.75, 3.05) is 70.5 Å². The largest absolute Gasteiger partial charge is 0.379 e. The monoisotopic (exact) mass is 535 g/mol. The minimum Gasteiger partial charge on any atom is -0.379 e. The summed E-state index contributed by atoms with van der Waals surface area (Å²) in [7, 11) is 0. The number of para-hydroxylation sites is 1. The van der Waals surface area contributed by atoms with E-state index in [0.29, 0.717) is 47.6 Å². The van der Waals surface area contributed by atoms with Crippen LogP contribution in [0.15, 0.2) is 35.3 Å². The first-order valence-electron chi connectivity index (χ1n) is 13.3. The second-order valence-corrected chi connectivity index (χ2v) is 11.2. The molecule has 2 fully saturated rings. The Bertz CT molecular complexity index is 1530. The molecule has 2 saturated heterocycles. The average molecular weight is 536 g/mol. The highest BCUT2D eigenvalue weighted by atomic mass is 32.1. The number of fused-ring (bicyclic) bond motifs is 5. The quantitative estimate of drug-likeness (QED) is 0.401. The molecule has 0 unspecified atom stereocenters. The molecule has 0 atom stereocenters. The smallest absolute Gasteiger partial charge is 0.258 e. The summed E-state index contributed by atoms with van der Waals surface area (Å²) in [6, 6.07) is 8.45. The van der Waals surface area contributed by atoms with Crippen molar-refractivity contribution < 1.29 is 9.53 Å². The first-order chi connectivity index (χ1) is 18.5. The van der Waals surface area contributed by atoms with Crippen LogP contribution in [0.5, 0.6) is 0 Å². The number of thiazole rings is 1. The summed E-state index contributed by atoms with van der Waals surface area (Å²) in [5.74, 6) is 0.259. The number of morpholine rings is 1. The number of benzene rings is 1. The Kier molecular flexibility index (Phi) is 7.00. The Morgan fingerprint density at radius 2 is 1.87 bits per heavy atom. The molecule has 4 aromatic rings. The van der Waals surface area contributed by atoms with Gasteiger partial charge in [-0.1, -0.05) is 12.1 Å². The average Bonchev–Trinajstić information content (AvgIpc) is 3.33. The number of aromatic nitrogens is 3. The van der Waals surface area contributed by atoms with Gasteiger partial charge in [-0.05, 0) is 26.0 Å². The van der Waals surface area contributed by atoms with E-state index in [-0.39, 0.29) is 16.9 Å². The van der Waals surface area contributed by atoms with Crippen LogP contribution in [0.1, 0.15) is 24.2 Å². The van der Waals surface area contributed by atoms with Crippen LogP contribution in [0.4, 0.5) is 5.95 Å². The van der Waals surface area contributed by atoms with E-state index in [1.807, 2.05) is 28.7 Å². The lowest BCUT2D eigenvalue weighted by Gasteiger charge is -2.36. The van der Waals surface area contributed by atoms with Gasteiger partial charge < -0.3 is 15.0 Å². The summed E-state index contributed by atoms with van der Waals surface area (Å²) >= 11 is 1.45. The summed E-state index contributed by atoms with van der Waals surface area (Å²) in [5, 5.41) is 3.34. The number of hydrogen-bond donors (Lipinski definition) is 1. The van der Waals surface area contributed by atoms with E-state index in [1.165, 1.54) is 11.3 Å². The van der Waals surface area contributed by atoms with Gasteiger partial charge in [-0.2, -0.15) is 4.98 Å². The lowest BCUT2D eigenvalue weighted by molar-refractivity contribution is 0.0383. The van der Waals surface area contributed by atoms with Crippen molar-refractivity contribution in [3.05, 3.63) is 46.2 Å². The van der Waals surface area contributed by atoms with E-state index in [9.17, 15) is 9.59 Å². The highest BCUT2D eigenvalue weighted by Gasteiger charge is 2.25. The molecule has 38 heavy (non-hydrogen) atoms. The van der Waals surface area contributed by atoms with Crippen LogP contribution >= 0.6 is 11.3 Å². The minimum atomic E-state index is -0.358. The third kappa shape index (κ3) is 4.64. The van der Waals surface area contributed by atoms with Gasteiger partial charge >= 0.3 is 0 Å². The van der Waals surface area contributed by atoms with Crippen LogP contribution in [0, 0.1) is 0 Å². The second-order valence-electron chi connectivity index (χ2n) is 10.1. The predicted octanol–water partition coefficient (Wildman–Crippen LogP) is 2.05. The van der Waals surface area contributed by atoms with Crippen molar-refractivity contribution in [3.63, 3.8) is 0 Å². The number of anilines is 1. The Morgan fingerprint density at radius 3 is 2.63 bits per heavy atom. The molecule has 11 heteroatoms. The normalized spacial score (nSPS) is 17.7. The van der Waals surface area contributed by atoms with Crippen molar-refractivity contribution >= 4 is 49.3 Å². The zero-order valence-corrected chi connectivity index (χ0v) is 22.7. The summed E-state index contributed by atoms with van der Waals surface area (Å²) in [4.78, 5) is 44.2. The zero-order chi connectivity index (χ0) is 26.2. The Hall–Kier alpha value is -3.12. The van der Waals surface area contributed by atoms with E-state index in [4.69, 9.17) is 9.72 Å². The molecular weight excluding hydrogens is 502 g/mol. The van der Waals surface area contributed by atoms with Gasteiger partial charge in [0.05, 0.1) is 28.8 Å². The number of ether oxygens (including phenoxy) is 1. The van der Waals surface area contributed by atoms with Crippen molar-refractivity contribution in [3.8, 4) is 0 Å². The fourth-order valence-electron chi connectivity index (χ4n) is 5.32. The van der Waals surface area contributed by atoms with Crippen molar-refractivity contribution in [2.45, 2.75) is 19.9 Å². The number of pyridine rings is 1. The third-order valence-corrected chi connectivity index (χ3v) is 8.69. The van der Waals surface area contributed by atoms with Gasteiger partial charge in [0.15, 0.2) is 5.65 Å². The molecule has 5 heterocycles. The standard InChI is InChI=1S/C27H33N7O3S/c1-18(2)32-9-11-33(12-10-32)27-29-17-19-23(35)22(25(36)28-7-8-31-13-15-37-16-14-31)26-34(24(19)30-27)20-5-3-4-6-21(20)38-26/h3-6,17-18H,7-16H2,1-2H3,(H,28,36). The highest BCUT2D eigenvalue weighted by Crippen LogP contribution is 2.31. The fourth-order valence-corrected chi connectivity index (χ4v) is 6.50. The van der Waals surface area contributed by atoms with E-state index in [0.717, 1.165) is 56.0 Å². The molecule has 1 aromatic carbocycles. The van der Waals surface area contributed by atoms with Gasteiger partial charge in [-0.25, -0.2) is 4.98 Å². The predicted molar refractivity (Wildman–Crippen MR) is 151 cm³/mol. The van der Waals surface area contributed by atoms with E-state index in [2.05, 4.69) is 38.8 Å². The topological polar surface area (TPSA) is 95.3 Å². The van der Waals surface area contributed by atoms with Gasteiger partial charge in [0.2, 0.25) is 11.4 Å². The lowest BCUT2D eigenvalue weighted by atomic mass is 10.2. The molecule has 0 saturated carbocycles. The Morgan fingerprint density at radius 1 is 1.11 bits per heavy atom. The molecule has 2 aliphatic heterocycles. The molecule has 2 aliphatic rings. The number of piperazine rings is 1. The molecular formula is C27H33N7O3S. The van der Waals surface area contributed by atoms with Gasteiger partial charge in [-0.15, -0.1) is 11.3 Å². The van der Waals surface area contributed by atoms with Gasteiger partial charge in [0, 0.05) is 64.6 Å². The highest BCUT2D eigenvalue weighted by molar-refractivity contribution is 7.24. The number of hydrogen-bond acceptors (Lipinski definition) is 9.